The maximum atomic E-state index is 13.1. The average Bonchev–Trinajstić information content (AvgIpc) is 3.02. The minimum absolute atomic E-state index is 0.00645. The molecule has 8 nitrogen and oxygen atoms in total. The van der Waals surface area contributed by atoms with E-state index in [4.69, 9.17) is 9.84 Å². The summed E-state index contributed by atoms with van der Waals surface area (Å²) in [6.45, 7) is 3.30. The van der Waals surface area contributed by atoms with Crippen molar-refractivity contribution in [2.24, 2.45) is 28.6 Å². The third-order valence-electron chi connectivity index (χ3n) is 9.02. The van der Waals surface area contributed by atoms with E-state index in [0.29, 0.717) is 6.42 Å². The van der Waals surface area contributed by atoms with Crippen LogP contribution in [0.4, 0.5) is 0 Å². The summed E-state index contributed by atoms with van der Waals surface area (Å²) >= 11 is 0. The van der Waals surface area contributed by atoms with Gasteiger partial charge in [0.05, 0.1) is 18.9 Å². The number of rotatable bonds is 6. The van der Waals surface area contributed by atoms with Crippen LogP contribution in [0.15, 0.2) is 23.8 Å². The summed E-state index contributed by atoms with van der Waals surface area (Å²) in [4.78, 5) is 47.4. The molecule has 4 rings (SSSR count). The summed E-state index contributed by atoms with van der Waals surface area (Å²) in [5.41, 5.74) is -1.99. The maximum absolute atomic E-state index is 13.1. The quantitative estimate of drug-likeness (QED) is 0.512. The molecule has 0 aliphatic heterocycles. The number of carbonyl (C=O) groups excluding carboxylic acids is 3. The van der Waals surface area contributed by atoms with Gasteiger partial charge in [0.2, 0.25) is 5.78 Å². The highest BCUT2D eigenvalue weighted by atomic mass is 16.5. The summed E-state index contributed by atoms with van der Waals surface area (Å²) in [7, 11) is 0. The summed E-state index contributed by atoms with van der Waals surface area (Å²) in [6.07, 6.45) is 6.27. The first kappa shape index (κ1) is 23.8. The number of aliphatic carboxylic acids is 1. The molecular weight excluding hydrogens is 428 g/mol. The largest absolute Gasteiger partial charge is 0.481 e. The van der Waals surface area contributed by atoms with Gasteiger partial charge in [0.25, 0.3) is 0 Å². The van der Waals surface area contributed by atoms with Crippen molar-refractivity contribution in [1.82, 2.24) is 0 Å². The molecular formula is C25H32O8. The van der Waals surface area contributed by atoms with Crippen molar-refractivity contribution in [1.29, 1.82) is 0 Å². The molecule has 0 spiro atoms. The number of aliphatic hydroxyl groups excluding tert-OH is 1. The van der Waals surface area contributed by atoms with Gasteiger partial charge in [-0.1, -0.05) is 25.5 Å². The third kappa shape index (κ3) is 3.67. The van der Waals surface area contributed by atoms with Crippen molar-refractivity contribution in [3.63, 3.8) is 0 Å². The standard InChI is InChI=1S/C25H32O8/c1-23-9-7-15(26)11-14(23)3-4-16-17-8-10-25(32,24(17,2)12-18(27)22(16)23)19(28)13-33-21(31)6-5-20(29)30/h7,9,11,16-18,22,27,32H,3-6,8,10,12-13H2,1-2H3,(H,29,30)/t16-,17+,18+,22+,23+,24+,25-/m0/s1. The van der Waals surface area contributed by atoms with Crippen LogP contribution in [0.5, 0.6) is 0 Å². The van der Waals surface area contributed by atoms with Crippen molar-refractivity contribution in [2.45, 2.75) is 70.5 Å². The monoisotopic (exact) mass is 460 g/mol. The third-order valence-corrected chi connectivity index (χ3v) is 9.02. The van der Waals surface area contributed by atoms with Crippen LogP contribution in [-0.4, -0.2) is 57.1 Å². The molecule has 0 aromatic carbocycles. The van der Waals surface area contributed by atoms with Crippen LogP contribution in [0.25, 0.3) is 0 Å². The van der Waals surface area contributed by atoms with Crippen molar-refractivity contribution in [3.8, 4) is 0 Å². The Morgan fingerprint density at radius 3 is 2.61 bits per heavy atom. The number of ether oxygens (including phenoxy) is 1. The van der Waals surface area contributed by atoms with Crippen LogP contribution in [0, 0.1) is 28.6 Å². The fraction of sp³-hybridized carbons (Fsp3) is 0.680. The number of hydrogen-bond acceptors (Lipinski definition) is 7. The van der Waals surface area contributed by atoms with Crippen LogP contribution >= 0.6 is 0 Å². The Bertz CT molecular complexity index is 950. The van der Waals surface area contributed by atoms with E-state index in [-0.39, 0.29) is 49.2 Å². The summed E-state index contributed by atoms with van der Waals surface area (Å²) in [5, 5.41) is 31.6. The molecule has 0 aromatic rings. The van der Waals surface area contributed by atoms with Gasteiger partial charge in [0.1, 0.15) is 5.60 Å². The van der Waals surface area contributed by atoms with Crippen molar-refractivity contribution >= 4 is 23.5 Å². The van der Waals surface area contributed by atoms with Crippen LogP contribution in [0.2, 0.25) is 0 Å². The zero-order chi connectivity index (χ0) is 24.2. The lowest BCUT2D eigenvalue weighted by Crippen LogP contribution is -2.61. The van der Waals surface area contributed by atoms with Gasteiger partial charge < -0.3 is 20.1 Å². The summed E-state index contributed by atoms with van der Waals surface area (Å²) in [5.74, 6) is -2.58. The lowest BCUT2D eigenvalue weighted by Gasteiger charge is -2.59. The molecule has 8 heteroatoms. The van der Waals surface area contributed by atoms with Gasteiger partial charge in [0, 0.05) is 16.7 Å². The first-order valence-corrected chi connectivity index (χ1v) is 11.7. The topological polar surface area (TPSA) is 138 Å². The minimum atomic E-state index is -1.73. The number of Topliss-reactive ketones (excluding diaryl/α,β-unsaturated/α-hetero) is 1. The second-order valence-electron chi connectivity index (χ2n) is 10.6. The van der Waals surface area contributed by atoms with Crippen molar-refractivity contribution in [3.05, 3.63) is 23.8 Å². The number of ketones is 2. The highest BCUT2D eigenvalue weighted by Crippen LogP contribution is 2.67. The number of carboxylic acids is 1. The van der Waals surface area contributed by atoms with Gasteiger partial charge in [-0.05, 0) is 56.1 Å². The molecule has 4 aliphatic rings. The lowest BCUT2D eigenvalue weighted by molar-refractivity contribution is -0.181. The van der Waals surface area contributed by atoms with E-state index >= 15 is 0 Å². The first-order chi connectivity index (χ1) is 15.4. The predicted octanol–water partition coefficient (Wildman–Crippen LogP) is 1.97. The Morgan fingerprint density at radius 1 is 1.18 bits per heavy atom. The molecule has 33 heavy (non-hydrogen) atoms. The highest BCUT2D eigenvalue weighted by Gasteiger charge is 2.68. The van der Waals surface area contributed by atoms with Gasteiger partial charge in [-0.2, -0.15) is 0 Å². The van der Waals surface area contributed by atoms with Gasteiger partial charge in [-0.25, -0.2) is 0 Å². The van der Waals surface area contributed by atoms with Crippen molar-refractivity contribution < 1.29 is 39.2 Å². The normalized spacial score (nSPS) is 41.5. The molecule has 0 amide bonds. The molecule has 0 bridgehead atoms. The molecule has 0 heterocycles. The van der Waals surface area contributed by atoms with Crippen LogP contribution in [-0.2, 0) is 23.9 Å². The zero-order valence-corrected chi connectivity index (χ0v) is 19.1. The molecule has 4 aliphatic carbocycles. The van der Waals surface area contributed by atoms with Crippen LogP contribution in [0.1, 0.15) is 58.8 Å². The van der Waals surface area contributed by atoms with Gasteiger partial charge in [0.15, 0.2) is 12.4 Å². The van der Waals surface area contributed by atoms with Gasteiger partial charge in [-0.15, -0.1) is 0 Å². The smallest absolute Gasteiger partial charge is 0.306 e. The second-order valence-corrected chi connectivity index (χ2v) is 10.6. The summed E-state index contributed by atoms with van der Waals surface area (Å²) < 4.78 is 4.96. The molecule has 0 aromatic heterocycles. The lowest BCUT2D eigenvalue weighted by atomic mass is 9.46. The minimum Gasteiger partial charge on any atom is -0.481 e. The molecule has 3 saturated carbocycles. The van der Waals surface area contributed by atoms with Gasteiger partial charge >= 0.3 is 11.9 Å². The Morgan fingerprint density at radius 2 is 1.91 bits per heavy atom. The molecule has 0 unspecified atom stereocenters. The Balaban J connectivity index is 1.53. The molecule has 3 fully saturated rings. The number of fused-ring (bicyclic) bond motifs is 5. The van der Waals surface area contributed by atoms with E-state index in [2.05, 4.69) is 6.92 Å². The average molecular weight is 461 g/mol. The Kier molecular flexibility index (Phi) is 5.90. The van der Waals surface area contributed by atoms with E-state index in [1.54, 1.807) is 12.2 Å². The fourth-order valence-electron chi connectivity index (χ4n) is 7.34. The van der Waals surface area contributed by atoms with E-state index in [1.165, 1.54) is 0 Å². The summed E-state index contributed by atoms with van der Waals surface area (Å²) in [6, 6.07) is 0. The van der Waals surface area contributed by atoms with E-state index in [1.807, 2.05) is 13.0 Å². The Labute approximate surface area is 192 Å². The molecule has 180 valence electrons. The van der Waals surface area contributed by atoms with Crippen LogP contribution < -0.4 is 0 Å². The number of carboxylic acid groups (broad SMARTS) is 1. The number of aliphatic hydroxyl groups is 2. The molecule has 3 N–H and O–H groups in total. The highest BCUT2D eigenvalue weighted by molar-refractivity contribution is 6.01. The SMILES string of the molecule is C[C@@]12C=CC(=O)C=C1CC[C@@H]1[C@@H]2[C@H](O)C[C@]2(C)[C@@H]1CC[C@]2(O)C(=O)COC(=O)CCC(=O)O. The predicted molar refractivity (Wildman–Crippen MR) is 116 cm³/mol. The molecule has 0 saturated heterocycles. The van der Waals surface area contributed by atoms with Gasteiger partial charge in [-0.3, -0.25) is 19.2 Å². The molecule has 0 radical (unpaired) electrons. The zero-order valence-electron chi connectivity index (χ0n) is 19.1. The number of esters is 1. The van der Waals surface area contributed by atoms with E-state index in [0.717, 1.165) is 18.4 Å². The number of allylic oxidation sites excluding steroid dienone is 4. The second kappa shape index (κ2) is 8.17. The van der Waals surface area contributed by atoms with E-state index in [9.17, 15) is 29.4 Å². The number of carbonyl (C=O) groups is 4. The Hall–Kier alpha value is -2.32. The maximum Gasteiger partial charge on any atom is 0.306 e. The first-order valence-electron chi connectivity index (χ1n) is 11.7. The fourth-order valence-corrected chi connectivity index (χ4v) is 7.34. The molecule has 7 atom stereocenters. The van der Waals surface area contributed by atoms with Crippen LogP contribution in [0.3, 0.4) is 0 Å². The number of hydrogen-bond donors (Lipinski definition) is 3. The van der Waals surface area contributed by atoms with Crippen molar-refractivity contribution in [2.75, 3.05) is 6.61 Å². The van der Waals surface area contributed by atoms with E-state index < -0.39 is 46.9 Å².